The van der Waals surface area contributed by atoms with Gasteiger partial charge in [-0.1, -0.05) is 35.9 Å². The fourth-order valence-corrected chi connectivity index (χ4v) is 3.10. The molecule has 0 radical (unpaired) electrons. The summed E-state index contributed by atoms with van der Waals surface area (Å²) in [5.41, 5.74) is 5.16. The molecule has 0 saturated carbocycles. The minimum Gasteiger partial charge on any atom is -0.381 e. The summed E-state index contributed by atoms with van der Waals surface area (Å²) in [5, 5.41) is 4.49. The standard InChI is InChI=1S/C18H20ClNO/c1-2-21-12-14-5-3-4-6-18(14)20-17-10-13-7-8-16(19)9-15(13)11-17/h3-9,17,20H,2,10-12H2,1H3. The average molecular weight is 302 g/mol. The maximum absolute atomic E-state index is 6.08. The van der Waals surface area contributed by atoms with E-state index in [0.717, 1.165) is 24.5 Å². The van der Waals surface area contributed by atoms with Gasteiger partial charge in [0.15, 0.2) is 0 Å². The number of ether oxygens (including phenoxy) is 1. The van der Waals surface area contributed by atoms with Gasteiger partial charge in [-0.05, 0) is 49.1 Å². The van der Waals surface area contributed by atoms with Crippen molar-refractivity contribution in [3.05, 3.63) is 64.2 Å². The first-order valence-corrected chi connectivity index (χ1v) is 7.83. The van der Waals surface area contributed by atoms with Crippen LogP contribution < -0.4 is 5.32 Å². The number of para-hydroxylation sites is 1. The summed E-state index contributed by atoms with van der Waals surface area (Å²) < 4.78 is 5.54. The first kappa shape index (κ1) is 14.4. The Bertz CT molecular complexity index is 626. The smallest absolute Gasteiger partial charge is 0.0736 e. The van der Waals surface area contributed by atoms with Gasteiger partial charge in [-0.15, -0.1) is 0 Å². The van der Waals surface area contributed by atoms with Gasteiger partial charge < -0.3 is 10.1 Å². The van der Waals surface area contributed by atoms with Crippen LogP contribution in [0.4, 0.5) is 5.69 Å². The van der Waals surface area contributed by atoms with E-state index in [0.29, 0.717) is 12.6 Å². The van der Waals surface area contributed by atoms with Crippen molar-refractivity contribution < 1.29 is 4.74 Å². The van der Waals surface area contributed by atoms with Gasteiger partial charge in [-0.3, -0.25) is 0 Å². The molecule has 110 valence electrons. The van der Waals surface area contributed by atoms with E-state index < -0.39 is 0 Å². The SMILES string of the molecule is CCOCc1ccccc1NC1Cc2ccc(Cl)cc2C1. The molecule has 1 N–H and O–H groups in total. The molecular weight excluding hydrogens is 282 g/mol. The molecule has 0 aliphatic heterocycles. The average Bonchev–Trinajstić information content (AvgIpc) is 2.87. The van der Waals surface area contributed by atoms with Gasteiger partial charge in [0.2, 0.25) is 0 Å². The second-order valence-corrected chi connectivity index (χ2v) is 5.89. The Labute approximate surface area is 131 Å². The number of nitrogens with one attached hydrogen (secondary N) is 1. The first-order chi connectivity index (χ1) is 10.3. The Morgan fingerprint density at radius 3 is 2.81 bits per heavy atom. The van der Waals surface area contributed by atoms with E-state index in [2.05, 4.69) is 41.7 Å². The van der Waals surface area contributed by atoms with Crippen LogP contribution in [0.3, 0.4) is 0 Å². The lowest BCUT2D eigenvalue weighted by molar-refractivity contribution is 0.134. The molecule has 1 aliphatic carbocycles. The minimum absolute atomic E-state index is 0.432. The second-order valence-electron chi connectivity index (χ2n) is 5.46. The molecule has 2 nitrogen and oxygen atoms in total. The number of fused-ring (bicyclic) bond motifs is 1. The topological polar surface area (TPSA) is 21.3 Å². The maximum atomic E-state index is 6.08. The molecule has 3 rings (SSSR count). The van der Waals surface area contributed by atoms with Crippen LogP contribution in [-0.2, 0) is 24.2 Å². The van der Waals surface area contributed by atoms with Crippen molar-refractivity contribution in [1.82, 2.24) is 0 Å². The molecule has 0 amide bonds. The molecule has 0 saturated heterocycles. The van der Waals surface area contributed by atoms with Gasteiger partial charge in [0, 0.05) is 28.9 Å². The third-order valence-electron chi connectivity index (χ3n) is 3.94. The van der Waals surface area contributed by atoms with Crippen molar-refractivity contribution in [2.45, 2.75) is 32.4 Å². The van der Waals surface area contributed by atoms with Crippen molar-refractivity contribution >= 4 is 17.3 Å². The van der Waals surface area contributed by atoms with Crippen LogP contribution >= 0.6 is 11.6 Å². The van der Waals surface area contributed by atoms with E-state index in [-0.39, 0.29) is 0 Å². The highest BCUT2D eigenvalue weighted by atomic mass is 35.5. The van der Waals surface area contributed by atoms with Crippen molar-refractivity contribution in [1.29, 1.82) is 0 Å². The van der Waals surface area contributed by atoms with Gasteiger partial charge in [0.05, 0.1) is 6.61 Å². The molecule has 0 heterocycles. The van der Waals surface area contributed by atoms with Crippen LogP contribution in [0, 0.1) is 0 Å². The Kier molecular flexibility index (Phi) is 4.47. The Morgan fingerprint density at radius 1 is 1.14 bits per heavy atom. The summed E-state index contributed by atoms with van der Waals surface area (Å²) in [5.74, 6) is 0. The van der Waals surface area contributed by atoms with Gasteiger partial charge in [-0.25, -0.2) is 0 Å². The summed E-state index contributed by atoms with van der Waals surface area (Å²) >= 11 is 6.08. The molecule has 1 aliphatic rings. The normalized spacial score (nSPS) is 16.8. The predicted molar refractivity (Wildman–Crippen MR) is 88.0 cm³/mol. The molecule has 1 atom stereocenters. The molecule has 0 aromatic heterocycles. The number of hydrogen-bond acceptors (Lipinski definition) is 2. The fourth-order valence-electron chi connectivity index (χ4n) is 2.91. The molecule has 0 bridgehead atoms. The highest BCUT2D eigenvalue weighted by molar-refractivity contribution is 6.30. The third-order valence-corrected chi connectivity index (χ3v) is 4.17. The summed E-state index contributed by atoms with van der Waals surface area (Å²) in [4.78, 5) is 0. The predicted octanol–water partition coefficient (Wildman–Crippen LogP) is 4.46. The van der Waals surface area contributed by atoms with Gasteiger partial charge in [0.1, 0.15) is 0 Å². The zero-order chi connectivity index (χ0) is 14.7. The van der Waals surface area contributed by atoms with E-state index in [4.69, 9.17) is 16.3 Å². The molecule has 2 aromatic rings. The quantitative estimate of drug-likeness (QED) is 0.880. The minimum atomic E-state index is 0.432. The lowest BCUT2D eigenvalue weighted by atomic mass is 10.1. The lowest BCUT2D eigenvalue weighted by Crippen LogP contribution is -2.20. The van der Waals surface area contributed by atoms with E-state index >= 15 is 0 Å². The summed E-state index contributed by atoms with van der Waals surface area (Å²) in [7, 11) is 0. The van der Waals surface area contributed by atoms with E-state index in [1.807, 2.05) is 13.0 Å². The summed E-state index contributed by atoms with van der Waals surface area (Å²) in [6, 6.07) is 15.0. The zero-order valence-electron chi connectivity index (χ0n) is 12.2. The molecule has 21 heavy (non-hydrogen) atoms. The highest BCUT2D eigenvalue weighted by Gasteiger charge is 2.21. The molecule has 2 aromatic carbocycles. The molecule has 0 fully saturated rings. The van der Waals surface area contributed by atoms with Crippen LogP contribution in [0.5, 0.6) is 0 Å². The molecule has 1 unspecified atom stereocenters. The zero-order valence-corrected chi connectivity index (χ0v) is 13.0. The number of anilines is 1. The van der Waals surface area contributed by atoms with Gasteiger partial charge in [-0.2, -0.15) is 0 Å². The van der Waals surface area contributed by atoms with Crippen molar-refractivity contribution in [3.63, 3.8) is 0 Å². The Hall–Kier alpha value is -1.51. The fraction of sp³-hybridized carbons (Fsp3) is 0.333. The van der Waals surface area contributed by atoms with E-state index in [1.165, 1.54) is 22.4 Å². The van der Waals surface area contributed by atoms with E-state index in [9.17, 15) is 0 Å². The highest BCUT2D eigenvalue weighted by Crippen LogP contribution is 2.28. The first-order valence-electron chi connectivity index (χ1n) is 7.45. The third kappa shape index (κ3) is 3.39. The van der Waals surface area contributed by atoms with Crippen LogP contribution in [-0.4, -0.2) is 12.6 Å². The maximum Gasteiger partial charge on any atom is 0.0736 e. The number of halogens is 1. The monoisotopic (exact) mass is 301 g/mol. The summed E-state index contributed by atoms with van der Waals surface area (Å²) in [6.07, 6.45) is 2.08. The molecule has 0 spiro atoms. The summed E-state index contributed by atoms with van der Waals surface area (Å²) in [6.45, 7) is 3.42. The van der Waals surface area contributed by atoms with Crippen LogP contribution in [0.25, 0.3) is 0 Å². The number of rotatable bonds is 5. The number of benzene rings is 2. The second kappa shape index (κ2) is 6.50. The van der Waals surface area contributed by atoms with Gasteiger partial charge >= 0.3 is 0 Å². The van der Waals surface area contributed by atoms with Crippen molar-refractivity contribution in [3.8, 4) is 0 Å². The van der Waals surface area contributed by atoms with Crippen LogP contribution in [0.15, 0.2) is 42.5 Å². The van der Waals surface area contributed by atoms with Gasteiger partial charge in [0.25, 0.3) is 0 Å². The largest absolute Gasteiger partial charge is 0.381 e. The molecular formula is C18H20ClNO. The number of hydrogen-bond donors (Lipinski definition) is 1. The lowest BCUT2D eigenvalue weighted by Gasteiger charge is -2.17. The van der Waals surface area contributed by atoms with Crippen molar-refractivity contribution in [2.75, 3.05) is 11.9 Å². The van der Waals surface area contributed by atoms with Crippen LogP contribution in [0.1, 0.15) is 23.6 Å². The molecule has 3 heteroatoms. The van der Waals surface area contributed by atoms with Crippen molar-refractivity contribution in [2.24, 2.45) is 0 Å². The van der Waals surface area contributed by atoms with Crippen LogP contribution in [0.2, 0.25) is 5.02 Å². The Morgan fingerprint density at radius 2 is 1.95 bits per heavy atom. The Balaban J connectivity index is 1.71. The van der Waals surface area contributed by atoms with E-state index in [1.54, 1.807) is 0 Å².